The van der Waals surface area contributed by atoms with Gasteiger partial charge < -0.3 is 19.5 Å². The van der Waals surface area contributed by atoms with Gasteiger partial charge in [-0.3, -0.25) is 4.98 Å². The number of ether oxygens (including phenoxy) is 3. The Morgan fingerprint density at radius 2 is 1.90 bits per heavy atom. The Morgan fingerprint density at radius 1 is 1.10 bits per heavy atom. The Morgan fingerprint density at radius 3 is 2.52 bits per heavy atom. The molecule has 0 bridgehead atoms. The molecule has 0 spiro atoms. The Labute approximate surface area is 128 Å². The van der Waals surface area contributed by atoms with Gasteiger partial charge in [0.1, 0.15) is 12.4 Å². The topological polar surface area (TPSA) is 52.6 Å². The molecule has 0 fully saturated rings. The summed E-state index contributed by atoms with van der Waals surface area (Å²) >= 11 is 0. The number of nitrogens with one attached hydrogen (secondary N) is 1. The van der Waals surface area contributed by atoms with E-state index < -0.39 is 0 Å². The van der Waals surface area contributed by atoms with E-state index >= 15 is 0 Å². The van der Waals surface area contributed by atoms with Crippen LogP contribution in [0.25, 0.3) is 0 Å². The van der Waals surface area contributed by atoms with Crippen LogP contribution in [0.3, 0.4) is 0 Å². The Balaban J connectivity index is 2.16. The first-order valence-corrected chi connectivity index (χ1v) is 7.41. The highest BCUT2D eigenvalue weighted by Crippen LogP contribution is 2.10. The molecule has 120 valence electrons. The summed E-state index contributed by atoms with van der Waals surface area (Å²) in [4.78, 5) is 4.38. The summed E-state index contributed by atoms with van der Waals surface area (Å²) in [5.41, 5.74) is 1.10. The fraction of sp³-hybridized carbons (Fsp3) is 0.688. The highest BCUT2D eigenvalue weighted by molar-refractivity contribution is 5.19. The molecule has 1 rings (SSSR count). The van der Waals surface area contributed by atoms with Crippen molar-refractivity contribution in [3.05, 3.63) is 24.0 Å². The van der Waals surface area contributed by atoms with Gasteiger partial charge in [0.2, 0.25) is 0 Å². The lowest BCUT2D eigenvalue weighted by atomic mass is 10.1. The van der Waals surface area contributed by atoms with Crippen LogP contribution in [0, 0.1) is 0 Å². The summed E-state index contributed by atoms with van der Waals surface area (Å²) in [6.07, 6.45) is 2.66. The fourth-order valence-electron chi connectivity index (χ4n) is 1.58. The predicted molar refractivity (Wildman–Crippen MR) is 83.6 cm³/mol. The number of pyridine rings is 1. The van der Waals surface area contributed by atoms with E-state index in [4.69, 9.17) is 14.2 Å². The van der Waals surface area contributed by atoms with Gasteiger partial charge in [0.25, 0.3) is 0 Å². The van der Waals surface area contributed by atoms with E-state index in [1.54, 1.807) is 13.3 Å². The van der Waals surface area contributed by atoms with Crippen molar-refractivity contribution in [3.63, 3.8) is 0 Å². The molecule has 1 aromatic heterocycles. The molecule has 1 aromatic rings. The lowest BCUT2D eigenvalue weighted by molar-refractivity contribution is 0.0805. The van der Waals surface area contributed by atoms with Gasteiger partial charge in [0.05, 0.1) is 18.5 Å². The standard InChI is InChI=1S/C16H28N2O3/c1-16(2,3)18-12-14-6-7-15(13-17-14)21-11-10-20-9-5-8-19-4/h6-7,13,18H,5,8-12H2,1-4H3. The lowest BCUT2D eigenvalue weighted by Crippen LogP contribution is -2.35. The van der Waals surface area contributed by atoms with E-state index in [1.165, 1.54) is 0 Å². The molecule has 0 aliphatic carbocycles. The molecule has 0 unspecified atom stereocenters. The molecule has 0 aliphatic heterocycles. The molecule has 0 saturated carbocycles. The van der Waals surface area contributed by atoms with Crippen molar-refractivity contribution >= 4 is 0 Å². The maximum absolute atomic E-state index is 5.57. The molecule has 5 heteroatoms. The van der Waals surface area contributed by atoms with Crippen LogP contribution in [-0.4, -0.2) is 44.1 Å². The van der Waals surface area contributed by atoms with Gasteiger partial charge >= 0.3 is 0 Å². The first-order valence-electron chi connectivity index (χ1n) is 7.41. The maximum Gasteiger partial charge on any atom is 0.137 e. The third-order valence-corrected chi connectivity index (χ3v) is 2.73. The molecule has 0 radical (unpaired) electrons. The molecule has 0 atom stereocenters. The van der Waals surface area contributed by atoms with Crippen molar-refractivity contribution in [3.8, 4) is 5.75 Å². The van der Waals surface area contributed by atoms with Crippen molar-refractivity contribution in [2.75, 3.05) is 33.5 Å². The van der Waals surface area contributed by atoms with Gasteiger partial charge in [-0.25, -0.2) is 0 Å². The molecule has 0 aromatic carbocycles. The minimum Gasteiger partial charge on any atom is -0.490 e. The number of nitrogens with zero attached hydrogens (tertiary/aromatic N) is 1. The second-order valence-corrected chi connectivity index (χ2v) is 5.90. The quantitative estimate of drug-likeness (QED) is 0.672. The molecule has 5 nitrogen and oxygen atoms in total. The molecular weight excluding hydrogens is 268 g/mol. The van der Waals surface area contributed by atoms with Crippen LogP contribution in [0.1, 0.15) is 32.9 Å². The second-order valence-electron chi connectivity index (χ2n) is 5.90. The largest absolute Gasteiger partial charge is 0.490 e. The molecule has 1 heterocycles. The SMILES string of the molecule is COCCCOCCOc1ccc(CNC(C)(C)C)nc1. The first-order chi connectivity index (χ1) is 10.0. The number of rotatable bonds is 10. The van der Waals surface area contributed by atoms with E-state index in [-0.39, 0.29) is 5.54 Å². The number of hydrogen-bond donors (Lipinski definition) is 1. The Kier molecular flexibility index (Phi) is 8.27. The highest BCUT2D eigenvalue weighted by Gasteiger charge is 2.08. The van der Waals surface area contributed by atoms with Gasteiger partial charge in [0.15, 0.2) is 0 Å². The van der Waals surface area contributed by atoms with E-state index in [9.17, 15) is 0 Å². The van der Waals surface area contributed by atoms with Gasteiger partial charge in [-0.05, 0) is 39.3 Å². The van der Waals surface area contributed by atoms with E-state index in [0.717, 1.165) is 31.0 Å². The Bertz CT molecular complexity index is 374. The van der Waals surface area contributed by atoms with Gasteiger partial charge in [-0.2, -0.15) is 0 Å². The molecular formula is C16H28N2O3. The van der Waals surface area contributed by atoms with E-state index in [1.807, 2.05) is 12.1 Å². The van der Waals surface area contributed by atoms with Crippen molar-refractivity contribution in [1.82, 2.24) is 10.3 Å². The van der Waals surface area contributed by atoms with Crippen LogP contribution in [0.15, 0.2) is 18.3 Å². The van der Waals surface area contributed by atoms with Crippen molar-refractivity contribution in [2.24, 2.45) is 0 Å². The molecule has 21 heavy (non-hydrogen) atoms. The van der Waals surface area contributed by atoms with Crippen molar-refractivity contribution < 1.29 is 14.2 Å². The first kappa shape index (κ1) is 17.9. The van der Waals surface area contributed by atoms with Crippen molar-refractivity contribution in [1.29, 1.82) is 0 Å². The summed E-state index contributed by atoms with van der Waals surface area (Å²) in [6.45, 7) is 9.71. The molecule has 0 saturated heterocycles. The second kappa shape index (κ2) is 9.71. The predicted octanol–water partition coefficient (Wildman–Crippen LogP) is 2.40. The van der Waals surface area contributed by atoms with Gasteiger partial charge in [-0.15, -0.1) is 0 Å². The number of methoxy groups -OCH3 is 1. The van der Waals surface area contributed by atoms with Gasteiger partial charge in [-0.1, -0.05) is 0 Å². The third kappa shape index (κ3) is 9.39. The maximum atomic E-state index is 5.57. The zero-order valence-corrected chi connectivity index (χ0v) is 13.6. The van der Waals surface area contributed by atoms with E-state index in [0.29, 0.717) is 19.8 Å². The Hall–Kier alpha value is -1.17. The van der Waals surface area contributed by atoms with Gasteiger partial charge in [0, 0.05) is 32.4 Å². The smallest absolute Gasteiger partial charge is 0.137 e. The number of hydrogen-bond acceptors (Lipinski definition) is 5. The third-order valence-electron chi connectivity index (χ3n) is 2.73. The van der Waals surface area contributed by atoms with Crippen LogP contribution in [-0.2, 0) is 16.0 Å². The molecule has 1 N–H and O–H groups in total. The monoisotopic (exact) mass is 296 g/mol. The summed E-state index contributed by atoms with van der Waals surface area (Å²) < 4.78 is 15.9. The summed E-state index contributed by atoms with van der Waals surface area (Å²) in [7, 11) is 1.69. The molecule has 0 amide bonds. The van der Waals surface area contributed by atoms with Crippen LogP contribution in [0.2, 0.25) is 0 Å². The van der Waals surface area contributed by atoms with Crippen LogP contribution in [0.5, 0.6) is 5.75 Å². The summed E-state index contributed by atoms with van der Waals surface area (Å²) in [6, 6.07) is 3.92. The zero-order chi connectivity index (χ0) is 15.6. The van der Waals surface area contributed by atoms with E-state index in [2.05, 4.69) is 31.1 Å². The summed E-state index contributed by atoms with van der Waals surface area (Å²) in [5.74, 6) is 0.773. The minimum atomic E-state index is 0.0943. The summed E-state index contributed by atoms with van der Waals surface area (Å²) in [5, 5.41) is 3.40. The van der Waals surface area contributed by atoms with Crippen LogP contribution >= 0.6 is 0 Å². The zero-order valence-electron chi connectivity index (χ0n) is 13.6. The highest BCUT2D eigenvalue weighted by atomic mass is 16.5. The fourth-order valence-corrected chi connectivity index (χ4v) is 1.58. The molecule has 0 aliphatic rings. The van der Waals surface area contributed by atoms with Crippen LogP contribution in [0.4, 0.5) is 0 Å². The average Bonchev–Trinajstić information content (AvgIpc) is 2.44. The average molecular weight is 296 g/mol. The minimum absolute atomic E-state index is 0.0943. The lowest BCUT2D eigenvalue weighted by Gasteiger charge is -2.20. The number of aromatic nitrogens is 1. The normalized spacial score (nSPS) is 11.6. The van der Waals surface area contributed by atoms with Crippen molar-refractivity contribution in [2.45, 2.75) is 39.3 Å². The van der Waals surface area contributed by atoms with Crippen LogP contribution < -0.4 is 10.1 Å².